The molecule has 0 saturated carbocycles. The highest BCUT2D eigenvalue weighted by Crippen LogP contribution is 2.13. The van der Waals surface area contributed by atoms with Crippen LogP contribution in [0.2, 0.25) is 0 Å². The van der Waals surface area contributed by atoms with Crippen LogP contribution in [0.25, 0.3) is 0 Å². The van der Waals surface area contributed by atoms with Crippen molar-refractivity contribution in [2.24, 2.45) is 5.92 Å². The summed E-state index contributed by atoms with van der Waals surface area (Å²) < 4.78 is 9.55. The van der Waals surface area contributed by atoms with Gasteiger partial charge in [-0.05, 0) is 20.8 Å². The van der Waals surface area contributed by atoms with Crippen LogP contribution in [-0.4, -0.2) is 24.6 Å². The maximum atomic E-state index is 11.4. The molecular formula is C10H18O4. The number of rotatable bonds is 3. The van der Waals surface area contributed by atoms with Crippen molar-refractivity contribution in [1.29, 1.82) is 0 Å². The fraction of sp³-hybridized carbons (Fsp3) is 0.800. The maximum Gasteiger partial charge on any atom is 0.309 e. The van der Waals surface area contributed by atoms with Crippen molar-refractivity contribution in [2.75, 3.05) is 7.11 Å². The first-order chi connectivity index (χ1) is 6.26. The summed E-state index contributed by atoms with van der Waals surface area (Å²) in [5, 5.41) is 0. The monoisotopic (exact) mass is 202 g/mol. The molecule has 0 aromatic carbocycles. The Kier molecular flexibility index (Phi) is 4.60. The SMILES string of the molecule is COC(=O)C[C@H](C)C(=O)OC(C)(C)C. The van der Waals surface area contributed by atoms with Gasteiger partial charge in [-0.3, -0.25) is 9.59 Å². The van der Waals surface area contributed by atoms with Gasteiger partial charge in [0.1, 0.15) is 5.60 Å². The largest absolute Gasteiger partial charge is 0.469 e. The van der Waals surface area contributed by atoms with Gasteiger partial charge >= 0.3 is 11.9 Å². The minimum absolute atomic E-state index is 0.0609. The van der Waals surface area contributed by atoms with Gasteiger partial charge in [-0.1, -0.05) is 6.92 Å². The smallest absolute Gasteiger partial charge is 0.309 e. The summed E-state index contributed by atoms with van der Waals surface area (Å²) in [7, 11) is 1.30. The Labute approximate surface area is 84.6 Å². The lowest BCUT2D eigenvalue weighted by molar-refractivity contribution is -0.162. The second kappa shape index (κ2) is 4.98. The third kappa shape index (κ3) is 5.56. The van der Waals surface area contributed by atoms with Gasteiger partial charge in [-0.2, -0.15) is 0 Å². The van der Waals surface area contributed by atoms with E-state index >= 15 is 0 Å². The molecule has 0 aromatic rings. The van der Waals surface area contributed by atoms with Crippen molar-refractivity contribution in [1.82, 2.24) is 0 Å². The number of hydrogen-bond acceptors (Lipinski definition) is 4. The number of carbonyl (C=O) groups excluding carboxylic acids is 2. The summed E-state index contributed by atoms with van der Waals surface area (Å²) in [5.41, 5.74) is -0.512. The number of methoxy groups -OCH3 is 1. The summed E-state index contributed by atoms with van der Waals surface area (Å²) in [6.45, 7) is 7.01. The zero-order valence-electron chi connectivity index (χ0n) is 9.42. The fourth-order valence-electron chi connectivity index (χ4n) is 0.819. The Balaban J connectivity index is 4.07. The number of esters is 2. The van der Waals surface area contributed by atoms with E-state index in [1.807, 2.05) is 0 Å². The van der Waals surface area contributed by atoms with Gasteiger partial charge in [0.05, 0.1) is 19.4 Å². The normalized spacial score (nSPS) is 13.2. The van der Waals surface area contributed by atoms with Crippen LogP contribution in [0.15, 0.2) is 0 Å². The lowest BCUT2D eigenvalue weighted by Gasteiger charge is -2.21. The molecule has 0 rings (SSSR count). The molecule has 0 saturated heterocycles. The molecule has 0 unspecified atom stereocenters. The second-order valence-corrected chi connectivity index (χ2v) is 4.21. The Morgan fingerprint density at radius 2 is 1.79 bits per heavy atom. The molecule has 0 spiro atoms. The van der Waals surface area contributed by atoms with Crippen LogP contribution in [0, 0.1) is 5.92 Å². The van der Waals surface area contributed by atoms with Crippen molar-refractivity contribution in [3.8, 4) is 0 Å². The van der Waals surface area contributed by atoms with Gasteiger partial charge < -0.3 is 9.47 Å². The highest BCUT2D eigenvalue weighted by atomic mass is 16.6. The van der Waals surface area contributed by atoms with Gasteiger partial charge in [0.25, 0.3) is 0 Å². The van der Waals surface area contributed by atoms with Crippen LogP contribution in [0.1, 0.15) is 34.1 Å². The van der Waals surface area contributed by atoms with Gasteiger partial charge in [0.2, 0.25) is 0 Å². The Morgan fingerprint density at radius 3 is 2.14 bits per heavy atom. The van der Waals surface area contributed by atoms with E-state index in [1.54, 1.807) is 27.7 Å². The molecule has 0 heterocycles. The lowest BCUT2D eigenvalue weighted by atomic mass is 10.1. The first-order valence-electron chi connectivity index (χ1n) is 4.56. The van der Waals surface area contributed by atoms with Crippen LogP contribution in [0.5, 0.6) is 0 Å². The molecule has 1 atom stereocenters. The van der Waals surface area contributed by atoms with Crippen molar-refractivity contribution in [3.05, 3.63) is 0 Å². The van der Waals surface area contributed by atoms with Gasteiger partial charge in [-0.15, -0.1) is 0 Å². The van der Waals surface area contributed by atoms with E-state index in [0.29, 0.717) is 0 Å². The van der Waals surface area contributed by atoms with E-state index in [4.69, 9.17) is 4.74 Å². The fourth-order valence-corrected chi connectivity index (χ4v) is 0.819. The average molecular weight is 202 g/mol. The third-order valence-electron chi connectivity index (χ3n) is 1.51. The zero-order valence-corrected chi connectivity index (χ0v) is 9.42. The molecule has 14 heavy (non-hydrogen) atoms. The molecular weight excluding hydrogens is 184 g/mol. The van der Waals surface area contributed by atoms with Crippen molar-refractivity contribution in [2.45, 2.75) is 39.7 Å². The molecule has 82 valence electrons. The topological polar surface area (TPSA) is 52.6 Å². The molecule has 0 N–H and O–H groups in total. The van der Waals surface area contributed by atoms with E-state index in [1.165, 1.54) is 7.11 Å². The van der Waals surface area contributed by atoms with E-state index in [9.17, 15) is 9.59 Å². The van der Waals surface area contributed by atoms with E-state index in [0.717, 1.165) is 0 Å². The highest BCUT2D eigenvalue weighted by molar-refractivity contribution is 5.79. The molecule has 0 amide bonds. The summed E-state index contributed by atoms with van der Waals surface area (Å²) in [5.74, 6) is -1.23. The van der Waals surface area contributed by atoms with Crippen LogP contribution in [0.4, 0.5) is 0 Å². The standard InChI is InChI=1S/C10H18O4/c1-7(6-8(11)13-5)9(12)14-10(2,3)4/h7H,6H2,1-5H3/t7-/m0/s1. The average Bonchev–Trinajstić information content (AvgIpc) is 2.00. The molecule has 0 aromatic heterocycles. The van der Waals surface area contributed by atoms with Crippen molar-refractivity contribution < 1.29 is 19.1 Å². The minimum atomic E-state index is -0.512. The van der Waals surface area contributed by atoms with Crippen LogP contribution < -0.4 is 0 Å². The van der Waals surface area contributed by atoms with Crippen LogP contribution >= 0.6 is 0 Å². The summed E-state index contributed by atoms with van der Waals surface area (Å²) in [6.07, 6.45) is 0.0609. The van der Waals surface area contributed by atoms with Crippen molar-refractivity contribution >= 4 is 11.9 Å². The van der Waals surface area contributed by atoms with Crippen LogP contribution in [-0.2, 0) is 19.1 Å². The predicted molar refractivity (Wildman–Crippen MR) is 51.6 cm³/mol. The van der Waals surface area contributed by atoms with E-state index in [2.05, 4.69) is 4.74 Å². The molecule has 0 bridgehead atoms. The highest BCUT2D eigenvalue weighted by Gasteiger charge is 2.23. The van der Waals surface area contributed by atoms with Crippen LogP contribution in [0.3, 0.4) is 0 Å². The zero-order chi connectivity index (χ0) is 11.4. The maximum absolute atomic E-state index is 11.4. The van der Waals surface area contributed by atoms with E-state index < -0.39 is 17.5 Å². The first-order valence-corrected chi connectivity index (χ1v) is 4.56. The molecule has 0 aliphatic carbocycles. The Morgan fingerprint density at radius 1 is 1.29 bits per heavy atom. The Bertz CT molecular complexity index is 215. The van der Waals surface area contributed by atoms with Gasteiger partial charge in [-0.25, -0.2) is 0 Å². The minimum Gasteiger partial charge on any atom is -0.469 e. The summed E-state index contributed by atoms with van der Waals surface area (Å²) >= 11 is 0. The number of ether oxygens (including phenoxy) is 2. The quantitative estimate of drug-likeness (QED) is 0.651. The molecule has 4 heteroatoms. The molecule has 0 aliphatic rings. The first kappa shape index (κ1) is 12.9. The second-order valence-electron chi connectivity index (χ2n) is 4.21. The van der Waals surface area contributed by atoms with Crippen molar-refractivity contribution in [3.63, 3.8) is 0 Å². The van der Waals surface area contributed by atoms with Gasteiger partial charge in [0, 0.05) is 0 Å². The number of carbonyl (C=O) groups is 2. The third-order valence-corrected chi connectivity index (χ3v) is 1.51. The molecule has 4 nitrogen and oxygen atoms in total. The van der Waals surface area contributed by atoms with E-state index in [-0.39, 0.29) is 12.4 Å². The Hall–Kier alpha value is -1.06. The number of hydrogen-bond donors (Lipinski definition) is 0. The lowest BCUT2D eigenvalue weighted by Crippen LogP contribution is -2.28. The predicted octanol–water partition coefficient (Wildman–Crippen LogP) is 1.53. The molecule has 0 radical (unpaired) electrons. The molecule has 0 aliphatic heterocycles. The summed E-state index contributed by atoms with van der Waals surface area (Å²) in [6, 6.07) is 0. The summed E-state index contributed by atoms with van der Waals surface area (Å²) in [4.78, 5) is 22.2. The van der Waals surface area contributed by atoms with Gasteiger partial charge in [0.15, 0.2) is 0 Å². The molecule has 0 fully saturated rings.